The van der Waals surface area contributed by atoms with Crippen molar-refractivity contribution in [2.45, 2.75) is 6.92 Å². The Morgan fingerprint density at radius 3 is 2.50 bits per heavy atom. The largest absolute Gasteiger partial charge is 0.398 e. The fourth-order valence-electron chi connectivity index (χ4n) is 2.52. The standard InChI is InChI=1S/C18H17N3O/c1-12-11-15-14(9-6-10-16(15)19)17(20-12)18(22)21(2)13-7-4-3-5-8-13/h3-11H,19H2,1-2H3. The summed E-state index contributed by atoms with van der Waals surface area (Å²) in [5, 5.41) is 1.64. The number of nitrogens with zero attached hydrogens (tertiary/aromatic N) is 2. The first-order valence-electron chi connectivity index (χ1n) is 7.07. The van der Waals surface area contributed by atoms with Crippen LogP contribution >= 0.6 is 0 Å². The number of anilines is 2. The Morgan fingerprint density at radius 2 is 1.77 bits per heavy atom. The molecule has 0 spiro atoms. The van der Waals surface area contributed by atoms with Crippen molar-refractivity contribution in [2.75, 3.05) is 17.7 Å². The number of carbonyl (C=O) groups is 1. The number of fused-ring (bicyclic) bond motifs is 1. The Balaban J connectivity index is 2.14. The van der Waals surface area contributed by atoms with Crippen molar-refractivity contribution in [3.8, 4) is 0 Å². The van der Waals surface area contributed by atoms with Crippen molar-refractivity contribution >= 4 is 28.1 Å². The second-order valence-electron chi connectivity index (χ2n) is 5.25. The van der Waals surface area contributed by atoms with E-state index in [1.54, 1.807) is 11.9 Å². The van der Waals surface area contributed by atoms with Gasteiger partial charge in [0.25, 0.3) is 5.91 Å². The summed E-state index contributed by atoms with van der Waals surface area (Å²) in [6.45, 7) is 1.87. The normalized spacial score (nSPS) is 10.6. The van der Waals surface area contributed by atoms with Crippen molar-refractivity contribution in [1.29, 1.82) is 0 Å². The third kappa shape index (κ3) is 2.39. The van der Waals surface area contributed by atoms with Crippen molar-refractivity contribution in [3.63, 3.8) is 0 Å². The van der Waals surface area contributed by atoms with Crippen LogP contribution in [0.25, 0.3) is 10.8 Å². The molecule has 22 heavy (non-hydrogen) atoms. The molecule has 0 saturated heterocycles. The number of nitrogen functional groups attached to an aromatic ring is 1. The summed E-state index contributed by atoms with van der Waals surface area (Å²) < 4.78 is 0. The lowest BCUT2D eigenvalue weighted by atomic mass is 10.1. The zero-order chi connectivity index (χ0) is 15.7. The summed E-state index contributed by atoms with van der Waals surface area (Å²) in [7, 11) is 1.75. The van der Waals surface area contributed by atoms with E-state index in [1.807, 2.05) is 61.5 Å². The third-order valence-corrected chi connectivity index (χ3v) is 3.69. The van der Waals surface area contributed by atoms with Crippen LogP contribution in [0.3, 0.4) is 0 Å². The molecular formula is C18H17N3O. The number of hydrogen-bond acceptors (Lipinski definition) is 3. The maximum Gasteiger partial charge on any atom is 0.277 e. The van der Waals surface area contributed by atoms with Gasteiger partial charge in [-0.05, 0) is 31.2 Å². The fraction of sp³-hybridized carbons (Fsp3) is 0.111. The van der Waals surface area contributed by atoms with E-state index >= 15 is 0 Å². The minimum Gasteiger partial charge on any atom is -0.398 e. The van der Waals surface area contributed by atoms with Crippen LogP contribution in [0.5, 0.6) is 0 Å². The predicted molar refractivity (Wildman–Crippen MR) is 90.1 cm³/mol. The highest BCUT2D eigenvalue weighted by Crippen LogP contribution is 2.25. The molecule has 0 saturated carbocycles. The van der Waals surface area contributed by atoms with Crippen molar-refractivity contribution in [3.05, 3.63) is 66.0 Å². The average Bonchev–Trinajstić information content (AvgIpc) is 2.54. The fourth-order valence-corrected chi connectivity index (χ4v) is 2.52. The Kier molecular flexibility index (Phi) is 3.51. The summed E-state index contributed by atoms with van der Waals surface area (Å²) in [6, 6.07) is 17.0. The molecule has 4 nitrogen and oxygen atoms in total. The summed E-state index contributed by atoms with van der Waals surface area (Å²) in [6.07, 6.45) is 0. The van der Waals surface area contributed by atoms with Crippen LogP contribution in [0.4, 0.5) is 11.4 Å². The van der Waals surface area contributed by atoms with Gasteiger partial charge in [0.05, 0.1) is 0 Å². The van der Waals surface area contributed by atoms with Gasteiger partial charge < -0.3 is 10.6 Å². The first kappa shape index (κ1) is 14.1. The Hall–Kier alpha value is -2.88. The predicted octanol–water partition coefficient (Wildman–Crippen LogP) is 3.40. The molecule has 110 valence electrons. The molecule has 0 bridgehead atoms. The number of carbonyl (C=O) groups excluding carboxylic acids is 1. The zero-order valence-electron chi connectivity index (χ0n) is 12.6. The van der Waals surface area contributed by atoms with Gasteiger partial charge in [0, 0.05) is 34.9 Å². The van der Waals surface area contributed by atoms with Gasteiger partial charge in [-0.1, -0.05) is 30.3 Å². The first-order valence-corrected chi connectivity index (χ1v) is 7.07. The molecule has 1 heterocycles. The van der Waals surface area contributed by atoms with Gasteiger partial charge in [-0.15, -0.1) is 0 Å². The highest BCUT2D eigenvalue weighted by Gasteiger charge is 2.18. The lowest BCUT2D eigenvalue weighted by Gasteiger charge is -2.18. The third-order valence-electron chi connectivity index (χ3n) is 3.69. The van der Waals surface area contributed by atoms with Crippen LogP contribution in [-0.2, 0) is 0 Å². The maximum absolute atomic E-state index is 12.8. The number of para-hydroxylation sites is 1. The topological polar surface area (TPSA) is 59.2 Å². The van der Waals surface area contributed by atoms with E-state index in [4.69, 9.17) is 5.73 Å². The van der Waals surface area contributed by atoms with Crippen LogP contribution in [0.2, 0.25) is 0 Å². The second kappa shape index (κ2) is 5.48. The Morgan fingerprint density at radius 1 is 1.05 bits per heavy atom. The van der Waals surface area contributed by atoms with Crippen LogP contribution in [0.1, 0.15) is 16.2 Å². The van der Waals surface area contributed by atoms with Crippen LogP contribution in [0, 0.1) is 6.92 Å². The molecule has 1 aromatic heterocycles. The maximum atomic E-state index is 12.8. The van der Waals surface area contributed by atoms with Gasteiger partial charge in [0.2, 0.25) is 0 Å². The number of rotatable bonds is 2. The minimum atomic E-state index is -0.148. The quantitative estimate of drug-likeness (QED) is 0.736. The number of aromatic nitrogens is 1. The molecular weight excluding hydrogens is 274 g/mol. The molecule has 0 atom stereocenters. The molecule has 2 N–H and O–H groups in total. The summed E-state index contributed by atoms with van der Waals surface area (Å²) in [4.78, 5) is 18.9. The summed E-state index contributed by atoms with van der Waals surface area (Å²) in [5.41, 5.74) is 8.71. The SMILES string of the molecule is Cc1cc2c(N)cccc2c(C(=O)N(C)c2ccccc2)n1. The van der Waals surface area contributed by atoms with Crippen molar-refractivity contribution in [2.24, 2.45) is 0 Å². The lowest BCUT2D eigenvalue weighted by molar-refractivity contribution is 0.0990. The minimum absolute atomic E-state index is 0.148. The number of amides is 1. The number of nitrogens with two attached hydrogens (primary N) is 1. The number of pyridine rings is 1. The molecule has 0 aliphatic rings. The van der Waals surface area contributed by atoms with Gasteiger partial charge in [0.15, 0.2) is 0 Å². The van der Waals surface area contributed by atoms with Gasteiger partial charge in [0.1, 0.15) is 5.69 Å². The van der Waals surface area contributed by atoms with Gasteiger partial charge in [-0.2, -0.15) is 0 Å². The lowest BCUT2D eigenvalue weighted by Crippen LogP contribution is -2.27. The number of aryl methyl sites for hydroxylation is 1. The van der Waals surface area contributed by atoms with E-state index in [2.05, 4.69) is 4.98 Å². The summed E-state index contributed by atoms with van der Waals surface area (Å²) >= 11 is 0. The van der Waals surface area contributed by atoms with E-state index in [9.17, 15) is 4.79 Å². The molecule has 0 unspecified atom stereocenters. The number of benzene rings is 2. The van der Waals surface area contributed by atoms with Crippen molar-refractivity contribution < 1.29 is 4.79 Å². The van der Waals surface area contributed by atoms with E-state index in [0.29, 0.717) is 11.4 Å². The van der Waals surface area contributed by atoms with Gasteiger partial charge in [-0.25, -0.2) is 4.98 Å². The number of hydrogen-bond donors (Lipinski definition) is 1. The highest BCUT2D eigenvalue weighted by molar-refractivity contribution is 6.14. The zero-order valence-corrected chi connectivity index (χ0v) is 12.6. The Labute approximate surface area is 129 Å². The first-order chi connectivity index (χ1) is 10.6. The van der Waals surface area contributed by atoms with E-state index in [1.165, 1.54) is 0 Å². The molecule has 0 aliphatic carbocycles. The van der Waals surface area contributed by atoms with Crippen molar-refractivity contribution in [1.82, 2.24) is 4.98 Å². The smallest absolute Gasteiger partial charge is 0.277 e. The second-order valence-corrected chi connectivity index (χ2v) is 5.25. The van der Waals surface area contributed by atoms with E-state index < -0.39 is 0 Å². The highest BCUT2D eigenvalue weighted by atomic mass is 16.2. The van der Waals surface area contributed by atoms with Crippen LogP contribution in [0.15, 0.2) is 54.6 Å². The van der Waals surface area contributed by atoms with Gasteiger partial charge >= 0.3 is 0 Å². The van der Waals surface area contributed by atoms with Crippen LogP contribution < -0.4 is 10.6 Å². The molecule has 0 aliphatic heterocycles. The monoisotopic (exact) mass is 291 g/mol. The van der Waals surface area contributed by atoms with E-state index in [-0.39, 0.29) is 5.91 Å². The molecule has 0 radical (unpaired) electrons. The molecule has 1 amide bonds. The molecule has 3 rings (SSSR count). The molecule has 0 fully saturated rings. The Bertz CT molecular complexity index is 844. The van der Waals surface area contributed by atoms with Crippen LogP contribution in [-0.4, -0.2) is 17.9 Å². The molecule has 3 aromatic rings. The van der Waals surface area contributed by atoms with E-state index in [0.717, 1.165) is 22.2 Å². The average molecular weight is 291 g/mol. The van der Waals surface area contributed by atoms with Gasteiger partial charge in [-0.3, -0.25) is 4.79 Å². The molecule has 2 aromatic carbocycles. The molecule has 4 heteroatoms. The summed E-state index contributed by atoms with van der Waals surface area (Å²) in [5.74, 6) is -0.148.